The van der Waals surface area contributed by atoms with Gasteiger partial charge >= 0.3 is 12.4 Å². The number of nitrogens with zero attached hydrogens (tertiary/aromatic N) is 1. The molecule has 0 saturated carbocycles. The van der Waals surface area contributed by atoms with Crippen molar-refractivity contribution < 1.29 is 45.5 Å². The summed E-state index contributed by atoms with van der Waals surface area (Å²) in [6.07, 6.45) is -8.94. The van der Waals surface area contributed by atoms with Crippen molar-refractivity contribution in [3.05, 3.63) is 74.8 Å². The van der Waals surface area contributed by atoms with Gasteiger partial charge in [-0.2, -0.15) is 26.3 Å². The topological polar surface area (TPSA) is 55.8 Å². The van der Waals surface area contributed by atoms with Crippen LogP contribution in [0.15, 0.2) is 42.5 Å². The Bertz CT molecular complexity index is 1290. The molecule has 2 heterocycles. The second-order valence-electron chi connectivity index (χ2n) is 8.99. The number of carbonyl (C=O) groups excluding carboxylic acids is 2. The van der Waals surface area contributed by atoms with Crippen molar-refractivity contribution in [2.45, 2.75) is 31.3 Å². The standard InChI is InChI=1S/C25H19Cl2F6NO4/c1-13-4-14(2-3-20(13)21(35)5-15-11-38-34(22(15)36)12-24(28,29)30)16-9-23(37-10-16,25(31,32)33)17-6-18(26)8-19(27)7-17/h2-4,6-9,15H,5,10-12H2,1H3. The van der Waals surface area contributed by atoms with Crippen LogP contribution in [0.3, 0.4) is 0 Å². The highest BCUT2D eigenvalue weighted by molar-refractivity contribution is 6.34. The van der Waals surface area contributed by atoms with Crippen LogP contribution in [-0.4, -0.2) is 48.9 Å². The molecule has 0 aromatic heterocycles. The van der Waals surface area contributed by atoms with Crippen LogP contribution < -0.4 is 0 Å². The van der Waals surface area contributed by atoms with Crippen molar-refractivity contribution in [2.24, 2.45) is 5.92 Å². The lowest BCUT2D eigenvalue weighted by atomic mass is 9.90. The van der Waals surface area contributed by atoms with Gasteiger partial charge in [0, 0.05) is 22.0 Å². The molecule has 1 saturated heterocycles. The number of benzene rings is 2. The number of hydroxylamine groups is 2. The van der Waals surface area contributed by atoms with E-state index in [9.17, 15) is 35.9 Å². The minimum Gasteiger partial charge on any atom is -0.352 e. The number of halogens is 8. The van der Waals surface area contributed by atoms with E-state index < -0.39 is 42.1 Å². The number of alkyl halides is 6. The highest BCUT2D eigenvalue weighted by atomic mass is 35.5. The molecule has 0 radical (unpaired) electrons. The number of ketones is 1. The predicted octanol–water partition coefficient (Wildman–Crippen LogP) is 6.70. The average Bonchev–Trinajstić information content (AvgIpc) is 3.38. The molecule has 2 aromatic rings. The van der Waals surface area contributed by atoms with Crippen LogP contribution >= 0.6 is 23.2 Å². The normalized spacial score (nSPS) is 22.2. The van der Waals surface area contributed by atoms with Crippen LogP contribution in [-0.2, 0) is 20.0 Å². The third-order valence-corrected chi connectivity index (χ3v) is 6.66. The van der Waals surface area contributed by atoms with Crippen molar-refractivity contribution in [2.75, 3.05) is 19.8 Å². The number of rotatable bonds is 6. The van der Waals surface area contributed by atoms with Crippen molar-refractivity contribution in [3.8, 4) is 0 Å². The molecule has 0 N–H and O–H groups in total. The van der Waals surface area contributed by atoms with Crippen LogP contribution in [0.5, 0.6) is 0 Å². The van der Waals surface area contributed by atoms with E-state index in [1.54, 1.807) is 6.92 Å². The van der Waals surface area contributed by atoms with Crippen molar-refractivity contribution >= 4 is 40.5 Å². The highest BCUT2D eigenvalue weighted by Crippen LogP contribution is 2.49. The van der Waals surface area contributed by atoms with E-state index >= 15 is 0 Å². The molecule has 38 heavy (non-hydrogen) atoms. The summed E-state index contributed by atoms with van der Waals surface area (Å²) in [7, 11) is 0. The molecular weight excluding hydrogens is 563 g/mol. The summed E-state index contributed by atoms with van der Waals surface area (Å²) in [6, 6.07) is 7.88. The minimum absolute atomic E-state index is 0.00737. The lowest BCUT2D eigenvalue weighted by Gasteiger charge is -2.30. The maximum Gasteiger partial charge on any atom is 0.425 e. The number of hydrogen-bond donors (Lipinski definition) is 0. The zero-order chi connectivity index (χ0) is 28.0. The number of ether oxygens (including phenoxy) is 1. The smallest absolute Gasteiger partial charge is 0.352 e. The molecule has 2 atom stereocenters. The van der Waals surface area contributed by atoms with Gasteiger partial charge in [0.25, 0.3) is 5.91 Å². The number of aryl methyl sites for hydroxylation is 1. The van der Waals surface area contributed by atoms with Crippen LogP contribution in [0.4, 0.5) is 26.3 Å². The monoisotopic (exact) mass is 581 g/mol. The summed E-state index contributed by atoms with van der Waals surface area (Å²) < 4.78 is 85.7. The molecule has 2 aromatic carbocycles. The second kappa shape index (κ2) is 10.2. The Labute approximate surface area is 222 Å². The van der Waals surface area contributed by atoms with Gasteiger partial charge in [-0.15, -0.1) is 0 Å². The fourth-order valence-corrected chi connectivity index (χ4v) is 4.94. The van der Waals surface area contributed by atoms with Crippen molar-refractivity contribution in [1.29, 1.82) is 0 Å². The molecule has 0 bridgehead atoms. The van der Waals surface area contributed by atoms with Gasteiger partial charge in [-0.1, -0.05) is 41.4 Å². The lowest BCUT2D eigenvalue weighted by molar-refractivity contribution is -0.254. The molecule has 204 valence electrons. The zero-order valence-corrected chi connectivity index (χ0v) is 21.1. The van der Waals surface area contributed by atoms with Gasteiger partial charge in [0.2, 0.25) is 5.60 Å². The van der Waals surface area contributed by atoms with E-state index in [-0.39, 0.29) is 51.4 Å². The third kappa shape index (κ3) is 5.70. The molecule has 1 fully saturated rings. The first-order valence-corrected chi connectivity index (χ1v) is 11.9. The minimum atomic E-state index is -4.84. The highest BCUT2D eigenvalue weighted by Gasteiger charge is 2.58. The molecule has 4 rings (SSSR count). The van der Waals surface area contributed by atoms with Gasteiger partial charge in [-0.05, 0) is 53.5 Å². The summed E-state index contributed by atoms with van der Waals surface area (Å²) in [5.74, 6) is -2.53. The number of hydrogen-bond acceptors (Lipinski definition) is 4. The Balaban J connectivity index is 1.56. The van der Waals surface area contributed by atoms with E-state index in [0.717, 1.165) is 18.2 Å². The SMILES string of the molecule is Cc1cc(C2=CC(c3cc(Cl)cc(Cl)c3)(C(F)(F)F)OC2)ccc1C(=O)CC1CON(CC(F)(F)F)C1=O. The lowest BCUT2D eigenvalue weighted by Crippen LogP contribution is -2.41. The Hall–Kier alpha value is -2.60. The second-order valence-corrected chi connectivity index (χ2v) is 9.86. The van der Waals surface area contributed by atoms with E-state index in [4.69, 9.17) is 32.8 Å². The maximum atomic E-state index is 14.2. The summed E-state index contributed by atoms with van der Waals surface area (Å²) >= 11 is 11.9. The molecule has 2 aliphatic rings. The van der Waals surface area contributed by atoms with E-state index in [2.05, 4.69) is 0 Å². The summed E-state index contributed by atoms with van der Waals surface area (Å²) in [5.41, 5.74) is -1.91. The van der Waals surface area contributed by atoms with Gasteiger partial charge in [-0.25, -0.2) is 5.06 Å². The van der Waals surface area contributed by atoms with Gasteiger partial charge in [0.15, 0.2) is 5.78 Å². The fourth-order valence-electron chi connectivity index (χ4n) is 4.41. The van der Waals surface area contributed by atoms with E-state index in [1.165, 1.54) is 24.3 Å². The van der Waals surface area contributed by atoms with Crippen molar-refractivity contribution in [3.63, 3.8) is 0 Å². The number of Topliss-reactive ketones (excluding diaryl/α,β-unsaturated/α-hetero) is 1. The Morgan fingerprint density at radius 1 is 1.08 bits per heavy atom. The first kappa shape index (κ1) is 28.4. The zero-order valence-electron chi connectivity index (χ0n) is 19.6. The number of amides is 1. The maximum absolute atomic E-state index is 14.2. The summed E-state index contributed by atoms with van der Waals surface area (Å²) in [5, 5.41) is 0.210. The molecule has 0 spiro atoms. The Kier molecular flexibility index (Phi) is 7.61. The Morgan fingerprint density at radius 3 is 2.32 bits per heavy atom. The quantitative estimate of drug-likeness (QED) is 0.281. The first-order chi connectivity index (χ1) is 17.6. The Morgan fingerprint density at radius 2 is 1.74 bits per heavy atom. The van der Waals surface area contributed by atoms with Crippen LogP contribution in [0.25, 0.3) is 5.57 Å². The summed E-state index contributed by atoms with van der Waals surface area (Å²) in [6.45, 7) is -0.777. The van der Waals surface area contributed by atoms with Gasteiger partial charge in [-0.3, -0.25) is 14.4 Å². The third-order valence-electron chi connectivity index (χ3n) is 6.22. The van der Waals surface area contributed by atoms with Gasteiger partial charge in [0.05, 0.1) is 19.1 Å². The molecule has 5 nitrogen and oxygen atoms in total. The average molecular weight is 582 g/mol. The van der Waals surface area contributed by atoms with E-state index in [0.29, 0.717) is 11.1 Å². The summed E-state index contributed by atoms with van der Waals surface area (Å²) in [4.78, 5) is 29.8. The van der Waals surface area contributed by atoms with Gasteiger partial charge in [0.1, 0.15) is 6.54 Å². The fraction of sp³-hybridized carbons (Fsp3) is 0.360. The van der Waals surface area contributed by atoms with Crippen LogP contribution in [0.2, 0.25) is 10.0 Å². The largest absolute Gasteiger partial charge is 0.425 e. The first-order valence-electron chi connectivity index (χ1n) is 11.1. The molecule has 2 unspecified atom stereocenters. The van der Waals surface area contributed by atoms with Gasteiger partial charge < -0.3 is 4.74 Å². The predicted molar refractivity (Wildman–Crippen MR) is 125 cm³/mol. The van der Waals surface area contributed by atoms with Crippen LogP contribution in [0.1, 0.15) is 33.5 Å². The molecular formula is C25H19Cl2F6NO4. The molecule has 1 amide bonds. The molecule has 0 aliphatic carbocycles. The van der Waals surface area contributed by atoms with Crippen LogP contribution in [0, 0.1) is 12.8 Å². The molecule has 2 aliphatic heterocycles. The molecule has 13 heteroatoms. The number of carbonyl (C=O) groups is 2. The van der Waals surface area contributed by atoms with Crippen molar-refractivity contribution in [1.82, 2.24) is 5.06 Å². The van der Waals surface area contributed by atoms with E-state index in [1.807, 2.05) is 0 Å².